The van der Waals surface area contributed by atoms with Crippen LogP contribution in [0.1, 0.15) is 51.4 Å². The second-order valence-electron chi connectivity index (χ2n) is 8.42. The number of benzene rings is 3. The summed E-state index contributed by atoms with van der Waals surface area (Å²) >= 11 is 3.52. The van der Waals surface area contributed by atoms with Crippen LogP contribution in [-0.4, -0.2) is 11.5 Å². The van der Waals surface area contributed by atoms with Crippen LogP contribution >= 0.6 is 23.2 Å². The van der Waals surface area contributed by atoms with Gasteiger partial charge >= 0.3 is 0 Å². The van der Waals surface area contributed by atoms with Gasteiger partial charge in [0.2, 0.25) is 0 Å². The van der Waals surface area contributed by atoms with E-state index >= 15 is 0 Å². The van der Waals surface area contributed by atoms with Crippen molar-refractivity contribution in [2.75, 3.05) is 11.5 Å². The zero-order valence-corrected chi connectivity index (χ0v) is 22.8. The fourth-order valence-corrected chi connectivity index (χ4v) is 8.83. The fourth-order valence-electron chi connectivity index (χ4n) is 4.40. The highest BCUT2D eigenvalue weighted by atomic mass is 79.9. The van der Waals surface area contributed by atoms with Crippen LogP contribution < -0.4 is 28.3 Å². The van der Waals surface area contributed by atoms with Gasteiger partial charge in [0.15, 0.2) is 0 Å². The van der Waals surface area contributed by atoms with E-state index in [0.717, 1.165) is 11.5 Å². The first-order valence-corrected chi connectivity index (χ1v) is 15.2. The molecule has 0 aliphatic heterocycles. The molecule has 0 heterocycles. The standard InChI is InChI=1S/C30H37BrP.ClH/c31-26-18-7-5-3-1-2-4-6-8-19-27-32(28-20-12-9-13-21-28,29-22-14-10-15-23-29)30-24-16-11-17-25-30;/h8-17,19-25H,1-7,18,26-27H2;1H/q+1;/p-1. The van der Waals surface area contributed by atoms with Gasteiger partial charge in [0.25, 0.3) is 0 Å². The zero-order chi connectivity index (χ0) is 22.3. The molecule has 33 heavy (non-hydrogen) atoms. The van der Waals surface area contributed by atoms with E-state index < -0.39 is 7.26 Å². The molecule has 0 saturated heterocycles. The number of allylic oxidation sites excluding steroid dienone is 2. The van der Waals surface area contributed by atoms with Crippen molar-refractivity contribution in [1.29, 1.82) is 0 Å². The maximum Gasteiger partial charge on any atom is 0.115 e. The van der Waals surface area contributed by atoms with Crippen LogP contribution in [0, 0.1) is 0 Å². The highest BCUT2D eigenvalue weighted by molar-refractivity contribution is 9.09. The second-order valence-corrected chi connectivity index (χ2v) is 12.7. The molecule has 3 heteroatoms. The molecule has 0 radical (unpaired) electrons. The van der Waals surface area contributed by atoms with Crippen molar-refractivity contribution in [3.8, 4) is 0 Å². The van der Waals surface area contributed by atoms with Crippen LogP contribution in [0.15, 0.2) is 103 Å². The van der Waals surface area contributed by atoms with Gasteiger partial charge in [-0.05, 0) is 55.7 Å². The van der Waals surface area contributed by atoms with Crippen LogP contribution in [0.2, 0.25) is 0 Å². The molecule has 0 bridgehead atoms. The van der Waals surface area contributed by atoms with Gasteiger partial charge in [0.05, 0.1) is 6.16 Å². The summed E-state index contributed by atoms with van der Waals surface area (Å²) in [5.74, 6) is 0. The monoisotopic (exact) mass is 542 g/mol. The minimum Gasteiger partial charge on any atom is -1.00 e. The minimum atomic E-state index is -1.72. The molecule has 0 aliphatic carbocycles. The second kappa shape index (κ2) is 16.3. The molecular weight excluding hydrogens is 507 g/mol. The minimum absolute atomic E-state index is 0. The summed E-state index contributed by atoms with van der Waals surface area (Å²) in [4.78, 5) is 0. The van der Waals surface area contributed by atoms with Gasteiger partial charge in [-0.25, -0.2) is 0 Å². The van der Waals surface area contributed by atoms with E-state index in [2.05, 4.69) is 119 Å². The number of hydrogen-bond donors (Lipinski definition) is 0. The predicted octanol–water partition coefficient (Wildman–Crippen LogP) is 5.06. The summed E-state index contributed by atoms with van der Waals surface area (Å²) in [6.45, 7) is 0. The summed E-state index contributed by atoms with van der Waals surface area (Å²) < 4.78 is 0. The van der Waals surface area contributed by atoms with Gasteiger partial charge in [-0.2, -0.15) is 0 Å². The Morgan fingerprint density at radius 1 is 0.515 bits per heavy atom. The smallest absolute Gasteiger partial charge is 0.115 e. The Hall–Kier alpha value is -1.40. The molecule has 0 spiro atoms. The number of halogens is 2. The van der Waals surface area contributed by atoms with Crippen LogP contribution in [-0.2, 0) is 0 Å². The molecule has 0 amide bonds. The third kappa shape index (κ3) is 8.40. The van der Waals surface area contributed by atoms with Gasteiger partial charge in [0.1, 0.15) is 23.2 Å². The Labute approximate surface area is 216 Å². The third-order valence-corrected chi connectivity index (χ3v) is 11.0. The molecule has 0 atom stereocenters. The maximum atomic E-state index is 3.52. The van der Waals surface area contributed by atoms with E-state index in [1.54, 1.807) is 0 Å². The summed E-state index contributed by atoms with van der Waals surface area (Å²) in [6.07, 6.45) is 16.7. The Morgan fingerprint density at radius 2 is 0.909 bits per heavy atom. The highest BCUT2D eigenvalue weighted by Gasteiger charge is 2.43. The van der Waals surface area contributed by atoms with Crippen molar-refractivity contribution in [3.63, 3.8) is 0 Å². The largest absolute Gasteiger partial charge is 1.00 e. The molecule has 0 unspecified atom stereocenters. The van der Waals surface area contributed by atoms with Gasteiger partial charge in [-0.3, -0.25) is 0 Å². The van der Waals surface area contributed by atoms with Crippen LogP contribution in [0.25, 0.3) is 0 Å². The Kier molecular flexibility index (Phi) is 13.7. The highest BCUT2D eigenvalue weighted by Crippen LogP contribution is 2.55. The molecule has 0 aromatic heterocycles. The van der Waals surface area contributed by atoms with E-state index in [4.69, 9.17) is 0 Å². The third-order valence-electron chi connectivity index (χ3n) is 6.14. The lowest BCUT2D eigenvalue weighted by atomic mass is 10.1. The Balaban J connectivity index is 0.00000385. The first-order valence-electron chi connectivity index (χ1n) is 12.1. The van der Waals surface area contributed by atoms with Crippen molar-refractivity contribution in [1.82, 2.24) is 0 Å². The van der Waals surface area contributed by atoms with E-state index in [1.165, 1.54) is 67.3 Å². The molecule has 0 nitrogen and oxygen atoms in total. The molecule has 176 valence electrons. The van der Waals surface area contributed by atoms with Crippen LogP contribution in [0.3, 0.4) is 0 Å². The quantitative estimate of drug-likeness (QED) is 0.115. The summed E-state index contributed by atoms with van der Waals surface area (Å²) in [7, 11) is -1.72. The maximum absolute atomic E-state index is 3.52. The van der Waals surface area contributed by atoms with Crippen molar-refractivity contribution in [2.24, 2.45) is 0 Å². The van der Waals surface area contributed by atoms with Crippen LogP contribution in [0.5, 0.6) is 0 Å². The van der Waals surface area contributed by atoms with E-state index in [9.17, 15) is 0 Å². The van der Waals surface area contributed by atoms with Crippen molar-refractivity contribution in [2.45, 2.75) is 51.4 Å². The number of rotatable bonds is 14. The number of hydrogen-bond acceptors (Lipinski definition) is 0. The summed E-state index contributed by atoms with van der Waals surface area (Å²) in [6, 6.07) is 33.5. The molecule has 3 rings (SSSR count). The molecule has 0 N–H and O–H groups in total. The lowest BCUT2D eigenvalue weighted by Crippen LogP contribution is -3.00. The average molecular weight is 544 g/mol. The van der Waals surface area contributed by atoms with Gasteiger partial charge < -0.3 is 12.4 Å². The number of alkyl halides is 1. The Bertz CT molecular complexity index is 800. The zero-order valence-electron chi connectivity index (χ0n) is 19.6. The lowest BCUT2D eigenvalue weighted by Gasteiger charge is -2.26. The van der Waals surface area contributed by atoms with Gasteiger partial charge in [0, 0.05) is 5.33 Å². The molecule has 0 aliphatic rings. The molecular formula is C30H37BrClP. The van der Waals surface area contributed by atoms with Crippen molar-refractivity contribution in [3.05, 3.63) is 103 Å². The predicted molar refractivity (Wildman–Crippen MR) is 150 cm³/mol. The molecule has 3 aromatic rings. The van der Waals surface area contributed by atoms with Crippen molar-refractivity contribution >= 4 is 39.1 Å². The molecule has 3 aromatic carbocycles. The van der Waals surface area contributed by atoms with Gasteiger partial charge in [-0.15, -0.1) is 0 Å². The lowest BCUT2D eigenvalue weighted by molar-refractivity contribution is -0.00000628. The SMILES string of the molecule is BrCCCCCCCCCC=CC[P+](c1ccccc1)(c1ccccc1)c1ccccc1.[Cl-]. The van der Waals surface area contributed by atoms with E-state index in [1.807, 2.05) is 0 Å². The normalized spacial score (nSPS) is 11.4. The first kappa shape index (κ1) is 27.8. The molecule has 0 fully saturated rings. The van der Waals surface area contributed by atoms with Crippen molar-refractivity contribution < 1.29 is 12.4 Å². The topological polar surface area (TPSA) is 0 Å². The molecule has 0 saturated carbocycles. The fraction of sp³-hybridized carbons (Fsp3) is 0.333. The average Bonchev–Trinajstić information content (AvgIpc) is 2.87. The summed E-state index contributed by atoms with van der Waals surface area (Å²) in [5.41, 5.74) is 0. The van der Waals surface area contributed by atoms with Crippen LogP contribution in [0.4, 0.5) is 0 Å². The summed E-state index contributed by atoms with van der Waals surface area (Å²) in [5, 5.41) is 5.54. The first-order chi connectivity index (χ1) is 15.9. The van der Waals surface area contributed by atoms with Gasteiger partial charge in [-0.1, -0.05) is 115 Å². The Morgan fingerprint density at radius 3 is 1.33 bits per heavy atom. The number of unbranched alkanes of at least 4 members (excludes halogenated alkanes) is 7. The van der Waals surface area contributed by atoms with E-state index in [-0.39, 0.29) is 12.4 Å². The van der Waals surface area contributed by atoms with E-state index in [0.29, 0.717) is 0 Å².